The zero-order chi connectivity index (χ0) is 13.6. The second-order valence-electron chi connectivity index (χ2n) is 4.31. The van der Waals surface area contributed by atoms with E-state index in [2.05, 4.69) is 16.1 Å². The second kappa shape index (κ2) is 3.95. The zero-order valence-corrected chi connectivity index (χ0v) is 10.2. The number of hydrogen-bond acceptors (Lipinski definition) is 2. The van der Waals surface area contributed by atoms with Gasteiger partial charge < -0.3 is 4.57 Å². The van der Waals surface area contributed by atoms with Crippen LogP contribution in [0.3, 0.4) is 0 Å². The Balaban J connectivity index is 2.66. The van der Waals surface area contributed by atoms with Crippen LogP contribution in [0.5, 0.6) is 0 Å². The predicted molar refractivity (Wildman–Crippen MR) is 71.4 cm³/mol. The Labute approximate surface area is 107 Å². The van der Waals surface area contributed by atoms with E-state index in [1.54, 1.807) is 17.6 Å². The number of halogens is 1. The standard InChI is InChI=1S/C14H10FN3O/c1-3-6-18-11-5-4-9(15)7-10(11)12-8(2)16-17-14(19)13(12)18/h1,4-5,7H,6H2,2H3,(H,17,19). The van der Waals surface area contributed by atoms with E-state index in [0.717, 1.165) is 5.52 Å². The number of hydrogen-bond donors (Lipinski definition) is 1. The van der Waals surface area contributed by atoms with Gasteiger partial charge in [-0.15, -0.1) is 6.42 Å². The average Bonchev–Trinajstić information content (AvgIpc) is 2.70. The SMILES string of the molecule is C#CCn1c2ccc(F)cc2c2c(C)n[nH]c(=O)c21. The molecule has 0 atom stereocenters. The van der Waals surface area contributed by atoms with Crippen molar-refractivity contribution in [2.24, 2.45) is 0 Å². The van der Waals surface area contributed by atoms with Gasteiger partial charge in [-0.25, -0.2) is 9.49 Å². The van der Waals surface area contributed by atoms with Crippen LogP contribution in [-0.4, -0.2) is 14.8 Å². The highest BCUT2D eigenvalue weighted by Crippen LogP contribution is 2.28. The van der Waals surface area contributed by atoms with Crippen molar-refractivity contribution in [2.75, 3.05) is 0 Å². The Bertz CT molecular complexity index is 899. The van der Waals surface area contributed by atoms with Crippen molar-refractivity contribution in [3.05, 3.63) is 40.1 Å². The Hall–Kier alpha value is -2.61. The molecule has 0 aliphatic rings. The second-order valence-corrected chi connectivity index (χ2v) is 4.31. The summed E-state index contributed by atoms with van der Waals surface area (Å²) < 4.78 is 15.1. The van der Waals surface area contributed by atoms with Gasteiger partial charge in [-0.2, -0.15) is 5.10 Å². The first-order valence-electron chi connectivity index (χ1n) is 5.73. The molecule has 5 heteroatoms. The molecule has 0 saturated carbocycles. The van der Waals surface area contributed by atoms with E-state index in [1.807, 2.05) is 0 Å². The fourth-order valence-corrected chi connectivity index (χ4v) is 2.43. The number of nitrogens with one attached hydrogen (secondary N) is 1. The van der Waals surface area contributed by atoms with Gasteiger partial charge in [0, 0.05) is 10.8 Å². The van der Waals surface area contributed by atoms with Crippen LogP contribution in [-0.2, 0) is 6.54 Å². The van der Waals surface area contributed by atoms with Crippen molar-refractivity contribution in [3.8, 4) is 12.3 Å². The van der Waals surface area contributed by atoms with E-state index >= 15 is 0 Å². The quantitative estimate of drug-likeness (QED) is 0.676. The van der Waals surface area contributed by atoms with Crippen LogP contribution in [0.1, 0.15) is 5.69 Å². The molecule has 0 radical (unpaired) electrons. The maximum absolute atomic E-state index is 13.4. The molecule has 0 saturated heterocycles. The number of terminal acetylenes is 1. The normalized spacial score (nSPS) is 11.0. The summed E-state index contributed by atoms with van der Waals surface area (Å²) in [5.41, 5.74) is 1.48. The molecule has 0 unspecified atom stereocenters. The van der Waals surface area contributed by atoms with E-state index in [4.69, 9.17) is 6.42 Å². The first-order chi connectivity index (χ1) is 9.13. The summed E-state index contributed by atoms with van der Waals surface area (Å²) >= 11 is 0. The van der Waals surface area contributed by atoms with E-state index in [1.165, 1.54) is 12.1 Å². The number of aromatic amines is 1. The lowest BCUT2D eigenvalue weighted by molar-refractivity contribution is 0.629. The fraction of sp³-hybridized carbons (Fsp3) is 0.143. The lowest BCUT2D eigenvalue weighted by Gasteiger charge is -2.01. The topological polar surface area (TPSA) is 50.7 Å². The summed E-state index contributed by atoms with van der Waals surface area (Å²) in [6, 6.07) is 4.38. The van der Waals surface area contributed by atoms with Crippen molar-refractivity contribution in [3.63, 3.8) is 0 Å². The van der Waals surface area contributed by atoms with Gasteiger partial charge >= 0.3 is 0 Å². The maximum Gasteiger partial charge on any atom is 0.288 e. The van der Waals surface area contributed by atoms with Gasteiger partial charge in [0.25, 0.3) is 5.56 Å². The third-order valence-corrected chi connectivity index (χ3v) is 3.18. The number of aryl methyl sites for hydroxylation is 1. The van der Waals surface area contributed by atoms with Crippen LogP contribution >= 0.6 is 0 Å². The monoisotopic (exact) mass is 255 g/mol. The minimum atomic E-state index is -0.355. The molecule has 0 spiro atoms. The molecule has 0 fully saturated rings. The number of H-pyrrole nitrogens is 1. The molecule has 19 heavy (non-hydrogen) atoms. The minimum absolute atomic E-state index is 0.248. The molecule has 94 valence electrons. The van der Waals surface area contributed by atoms with Gasteiger partial charge in [0.1, 0.15) is 11.3 Å². The third-order valence-electron chi connectivity index (χ3n) is 3.18. The van der Waals surface area contributed by atoms with E-state index < -0.39 is 0 Å². The van der Waals surface area contributed by atoms with Gasteiger partial charge in [-0.05, 0) is 25.1 Å². The summed E-state index contributed by atoms with van der Waals surface area (Å²) in [4.78, 5) is 12.0. The van der Waals surface area contributed by atoms with Crippen molar-refractivity contribution >= 4 is 21.8 Å². The predicted octanol–water partition coefficient (Wildman–Crippen LogP) is 1.96. The summed E-state index contributed by atoms with van der Waals surface area (Å²) in [7, 11) is 0. The van der Waals surface area contributed by atoms with E-state index in [0.29, 0.717) is 22.0 Å². The first-order valence-corrected chi connectivity index (χ1v) is 5.73. The largest absolute Gasteiger partial charge is 0.324 e. The van der Waals surface area contributed by atoms with Gasteiger partial charge in [-0.3, -0.25) is 4.79 Å². The molecule has 2 heterocycles. The molecule has 2 aromatic heterocycles. The first kappa shape index (κ1) is 11.5. The summed E-state index contributed by atoms with van der Waals surface area (Å²) in [6.07, 6.45) is 5.35. The van der Waals surface area contributed by atoms with Crippen LogP contribution in [0.25, 0.3) is 21.8 Å². The molecule has 1 aromatic carbocycles. The van der Waals surface area contributed by atoms with Crippen molar-refractivity contribution < 1.29 is 4.39 Å². The Kier molecular flexibility index (Phi) is 2.39. The number of fused-ring (bicyclic) bond motifs is 3. The molecule has 3 rings (SSSR count). The van der Waals surface area contributed by atoms with E-state index in [-0.39, 0.29) is 17.9 Å². The molecular weight excluding hydrogens is 245 g/mol. The molecule has 0 amide bonds. The van der Waals surface area contributed by atoms with Crippen LogP contribution < -0.4 is 5.56 Å². The number of benzene rings is 1. The highest BCUT2D eigenvalue weighted by Gasteiger charge is 2.16. The van der Waals surface area contributed by atoms with Crippen molar-refractivity contribution in [1.82, 2.24) is 14.8 Å². The number of aromatic nitrogens is 3. The lowest BCUT2D eigenvalue weighted by atomic mass is 10.1. The Morgan fingerprint density at radius 2 is 2.32 bits per heavy atom. The Morgan fingerprint density at radius 1 is 1.53 bits per heavy atom. The van der Waals surface area contributed by atoms with Gasteiger partial charge in [0.05, 0.1) is 17.8 Å². The van der Waals surface area contributed by atoms with Crippen LogP contribution in [0.4, 0.5) is 4.39 Å². The molecule has 3 aromatic rings. The zero-order valence-electron chi connectivity index (χ0n) is 10.2. The average molecular weight is 255 g/mol. The number of nitrogens with zero attached hydrogens (tertiary/aromatic N) is 2. The van der Waals surface area contributed by atoms with Crippen molar-refractivity contribution in [1.29, 1.82) is 0 Å². The summed E-state index contributed by atoms with van der Waals surface area (Å²) in [6.45, 7) is 2.01. The summed E-state index contributed by atoms with van der Waals surface area (Å²) in [5, 5.41) is 7.66. The highest BCUT2D eigenvalue weighted by molar-refractivity contribution is 6.08. The molecule has 1 N–H and O–H groups in total. The Morgan fingerprint density at radius 3 is 3.05 bits per heavy atom. The van der Waals surface area contributed by atoms with Gasteiger partial charge in [0.15, 0.2) is 0 Å². The fourth-order valence-electron chi connectivity index (χ4n) is 2.43. The molecule has 0 aliphatic carbocycles. The van der Waals surface area contributed by atoms with Crippen LogP contribution in [0.15, 0.2) is 23.0 Å². The lowest BCUT2D eigenvalue weighted by Crippen LogP contribution is -2.13. The van der Waals surface area contributed by atoms with Crippen LogP contribution in [0.2, 0.25) is 0 Å². The minimum Gasteiger partial charge on any atom is -0.324 e. The van der Waals surface area contributed by atoms with E-state index in [9.17, 15) is 9.18 Å². The third kappa shape index (κ3) is 1.54. The number of rotatable bonds is 1. The van der Waals surface area contributed by atoms with Gasteiger partial charge in [-0.1, -0.05) is 5.92 Å². The maximum atomic E-state index is 13.4. The molecule has 4 nitrogen and oxygen atoms in total. The van der Waals surface area contributed by atoms with Gasteiger partial charge in [0.2, 0.25) is 0 Å². The summed E-state index contributed by atoms with van der Waals surface area (Å²) in [5.74, 6) is 2.16. The molecule has 0 bridgehead atoms. The van der Waals surface area contributed by atoms with Crippen molar-refractivity contribution in [2.45, 2.75) is 13.5 Å². The highest BCUT2D eigenvalue weighted by atomic mass is 19.1. The van der Waals surface area contributed by atoms with Crippen LogP contribution in [0, 0.1) is 25.1 Å². The smallest absolute Gasteiger partial charge is 0.288 e. The molecule has 0 aliphatic heterocycles. The molecular formula is C14H10FN3O.